The fourth-order valence-corrected chi connectivity index (χ4v) is 6.80. The molecule has 0 aliphatic rings. The molecule has 4 N–H and O–H groups in total. The maximum Gasteiger partial charge on any atom is 0.215 e. The van der Waals surface area contributed by atoms with Gasteiger partial charge in [0.1, 0.15) is 4.21 Å². The number of nitrogens with two attached hydrogens (primary N) is 2. The first-order valence-corrected chi connectivity index (χ1v) is 13.0. The molecule has 13 heteroatoms. The van der Waals surface area contributed by atoms with Crippen LogP contribution in [0.2, 0.25) is 0 Å². The topological polar surface area (TPSA) is 154 Å². The zero-order chi connectivity index (χ0) is 19.6. The molecule has 0 aliphatic heterocycles. The van der Waals surface area contributed by atoms with Gasteiger partial charge in [-0.3, -0.25) is 0 Å². The summed E-state index contributed by atoms with van der Waals surface area (Å²) in [6, 6.07) is 7.89. The van der Waals surface area contributed by atoms with Crippen molar-refractivity contribution in [2.24, 2.45) is 10.9 Å². The van der Waals surface area contributed by atoms with E-state index in [1.54, 1.807) is 6.07 Å². The van der Waals surface area contributed by atoms with E-state index in [4.69, 9.17) is 10.9 Å². The molecule has 152 valence electrons. The highest BCUT2D eigenvalue weighted by atomic mass is 35.5. The molecule has 0 unspecified atom stereocenters. The normalized spacial score (nSPS) is 12.5. The van der Waals surface area contributed by atoms with E-state index in [-0.39, 0.29) is 39.4 Å². The number of rotatable bonds is 8. The quantitative estimate of drug-likeness (QED) is 0.576. The molecule has 0 radical (unpaired) electrons. The van der Waals surface area contributed by atoms with E-state index in [0.29, 0.717) is 0 Å². The number of hydrogen-bond donors (Lipinski definition) is 2. The van der Waals surface area contributed by atoms with Crippen LogP contribution in [-0.4, -0.2) is 36.8 Å². The largest absolute Gasteiger partial charge is 0.326 e. The zero-order valence-electron chi connectivity index (χ0n) is 13.9. The van der Waals surface area contributed by atoms with E-state index in [1.165, 1.54) is 30.3 Å². The van der Waals surface area contributed by atoms with Crippen molar-refractivity contribution in [3.63, 3.8) is 0 Å². The Kier molecular flexibility index (Phi) is 7.99. The van der Waals surface area contributed by atoms with Gasteiger partial charge in [0.05, 0.1) is 21.3 Å². The molecule has 0 bridgehead atoms. The third kappa shape index (κ3) is 6.24. The Morgan fingerprint density at radius 1 is 0.815 bits per heavy atom. The molecule has 27 heavy (non-hydrogen) atoms. The molecular weight excluding hydrogens is 456 g/mol. The SMILES string of the molecule is Cl.NCc1ccc(S(=O)(=O)c2ccc(S(=O)(=O)CCCS(N)(=O)=O)cc2)s1. The minimum atomic E-state index is -3.75. The van der Waals surface area contributed by atoms with Crippen molar-refractivity contribution < 1.29 is 25.3 Å². The smallest absolute Gasteiger partial charge is 0.215 e. The number of sulfone groups is 2. The van der Waals surface area contributed by atoms with Crippen LogP contribution in [0.3, 0.4) is 0 Å². The third-order valence-electron chi connectivity index (χ3n) is 3.44. The zero-order valence-corrected chi connectivity index (χ0v) is 18.0. The first kappa shape index (κ1) is 24.0. The van der Waals surface area contributed by atoms with Crippen LogP contribution >= 0.6 is 23.7 Å². The van der Waals surface area contributed by atoms with Crippen molar-refractivity contribution in [2.45, 2.75) is 27.0 Å². The van der Waals surface area contributed by atoms with Gasteiger partial charge >= 0.3 is 0 Å². The summed E-state index contributed by atoms with van der Waals surface area (Å²) in [6.07, 6.45) is -0.141. The Bertz CT molecular complexity index is 1090. The highest BCUT2D eigenvalue weighted by molar-refractivity contribution is 7.93. The van der Waals surface area contributed by atoms with Crippen molar-refractivity contribution in [2.75, 3.05) is 11.5 Å². The van der Waals surface area contributed by atoms with Crippen LogP contribution < -0.4 is 10.9 Å². The van der Waals surface area contributed by atoms with Gasteiger partial charge in [0.25, 0.3) is 0 Å². The second kappa shape index (κ2) is 8.99. The lowest BCUT2D eigenvalue weighted by molar-refractivity contribution is 0.589. The highest BCUT2D eigenvalue weighted by Crippen LogP contribution is 2.28. The van der Waals surface area contributed by atoms with Gasteiger partial charge in [0, 0.05) is 11.4 Å². The van der Waals surface area contributed by atoms with Crippen LogP contribution in [0.4, 0.5) is 0 Å². The van der Waals surface area contributed by atoms with Crippen LogP contribution in [-0.2, 0) is 36.2 Å². The standard InChI is InChI=1S/C14H18N2O6S4.ClH/c15-10-11-2-7-14(23-11)26(21,22)13-5-3-12(4-6-13)24(17,18)8-1-9-25(16,19)20;/h2-7H,1,8-10,15H2,(H2,16,19,20);1H. The summed E-state index contributed by atoms with van der Waals surface area (Å²) in [7, 11) is -11.2. The molecule has 1 aromatic heterocycles. The van der Waals surface area contributed by atoms with Crippen LogP contribution in [0.1, 0.15) is 11.3 Å². The summed E-state index contributed by atoms with van der Waals surface area (Å²) in [5, 5.41) is 4.84. The lowest BCUT2D eigenvalue weighted by Crippen LogP contribution is -2.19. The Morgan fingerprint density at radius 2 is 1.37 bits per heavy atom. The molecule has 1 heterocycles. The van der Waals surface area contributed by atoms with E-state index in [0.717, 1.165) is 16.2 Å². The Balaban J connectivity index is 0.00000364. The summed E-state index contributed by atoms with van der Waals surface area (Å²) in [5.41, 5.74) is 5.48. The number of primary sulfonamides is 1. The van der Waals surface area contributed by atoms with Crippen molar-refractivity contribution in [3.05, 3.63) is 41.3 Å². The van der Waals surface area contributed by atoms with E-state index in [1.807, 2.05) is 0 Å². The molecule has 0 atom stereocenters. The first-order valence-electron chi connectivity index (χ1n) is 7.33. The second-order valence-electron chi connectivity index (χ2n) is 5.44. The Labute approximate surface area is 168 Å². The van der Waals surface area contributed by atoms with Crippen LogP contribution in [0, 0.1) is 0 Å². The average molecular weight is 475 g/mol. The molecule has 1 aromatic carbocycles. The maximum absolute atomic E-state index is 12.5. The molecule has 0 saturated carbocycles. The lowest BCUT2D eigenvalue weighted by atomic mass is 10.4. The Morgan fingerprint density at radius 3 is 1.85 bits per heavy atom. The Hall–Kier alpha value is -1.02. The van der Waals surface area contributed by atoms with E-state index < -0.39 is 41.2 Å². The van der Waals surface area contributed by atoms with Gasteiger partial charge in [0.2, 0.25) is 19.9 Å². The van der Waals surface area contributed by atoms with Crippen molar-refractivity contribution in [3.8, 4) is 0 Å². The first-order chi connectivity index (χ1) is 12.0. The van der Waals surface area contributed by atoms with Crippen LogP contribution in [0.5, 0.6) is 0 Å². The predicted molar refractivity (Wildman–Crippen MR) is 106 cm³/mol. The fraction of sp³-hybridized carbons (Fsp3) is 0.286. The molecular formula is C14H19ClN2O6S4. The third-order valence-corrected chi connectivity index (χ3v) is 9.48. The minimum Gasteiger partial charge on any atom is -0.326 e. The summed E-state index contributed by atoms with van der Waals surface area (Å²) in [6.45, 7) is 0.232. The van der Waals surface area contributed by atoms with E-state index in [2.05, 4.69) is 0 Å². The molecule has 0 spiro atoms. The van der Waals surface area contributed by atoms with E-state index >= 15 is 0 Å². The van der Waals surface area contributed by atoms with Crippen LogP contribution in [0.25, 0.3) is 0 Å². The van der Waals surface area contributed by atoms with E-state index in [9.17, 15) is 25.3 Å². The molecule has 2 aromatic rings. The predicted octanol–water partition coefficient (Wildman–Crippen LogP) is 0.914. The monoisotopic (exact) mass is 474 g/mol. The summed E-state index contributed by atoms with van der Waals surface area (Å²) in [5.74, 6) is -0.846. The highest BCUT2D eigenvalue weighted by Gasteiger charge is 2.22. The molecule has 8 nitrogen and oxygen atoms in total. The number of benzene rings is 1. The number of thiophene rings is 1. The summed E-state index contributed by atoms with van der Waals surface area (Å²) < 4.78 is 71.4. The molecule has 0 fully saturated rings. The number of sulfonamides is 1. The van der Waals surface area contributed by atoms with Gasteiger partial charge in [-0.05, 0) is 42.8 Å². The van der Waals surface area contributed by atoms with Gasteiger partial charge in [0.15, 0.2) is 9.84 Å². The van der Waals surface area contributed by atoms with Gasteiger partial charge in [-0.1, -0.05) is 0 Å². The summed E-state index contributed by atoms with van der Waals surface area (Å²) >= 11 is 1.06. The van der Waals surface area contributed by atoms with Crippen LogP contribution in [0.15, 0.2) is 50.4 Å². The second-order valence-corrected chi connectivity index (χ2v) is 12.6. The molecule has 2 rings (SSSR count). The molecule has 0 saturated heterocycles. The van der Waals surface area contributed by atoms with Gasteiger partial charge in [-0.25, -0.2) is 30.4 Å². The fourth-order valence-electron chi connectivity index (χ4n) is 2.12. The maximum atomic E-state index is 12.5. The number of hydrogen-bond acceptors (Lipinski definition) is 8. The van der Waals surface area contributed by atoms with Crippen molar-refractivity contribution in [1.82, 2.24) is 0 Å². The lowest BCUT2D eigenvalue weighted by Gasteiger charge is -2.06. The molecule has 0 aliphatic carbocycles. The molecule has 0 amide bonds. The van der Waals surface area contributed by atoms with Gasteiger partial charge in [-0.2, -0.15) is 0 Å². The summed E-state index contributed by atoms with van der Waals surface area (Å²) in [4.78, 5) is 0.601. The minimum absolute atomic E-state index is 0. The average Bonchev–Trinajstić information content (AvgIpc) is 3.03. The van der Waals surface area contributed by atoms with Crippen molar-refractivity contribution >= 4 is 53.4 Å². The van der Waals surface area contributed by atoms with Crippen molar-refractivity contribution in [1.29, 1.82) is 0 Å². The number of halogens is 1. The van der Waals surface area contributed by atoms with Gasteiger partial charge < -0.3 is 5.73 Å². The van der Waals surface area contributed by atoms with Gasteiger partial charge in [-0.15, -0.1) is 23.7 Å².